The summed E-state index contributed by atoms with van der Waals surface area (Å²) in [5, 5.41) is 3.23. The molecule has 1 aliphatic heterocycles. The average molecular weight is 395 g/mol. The Labute approximate surface area is 172 Å². The van der Waals surface area contributed by atoms with Crippen LogP contribution in [0.25, 0.3) is 0 Å². The maximum atomic E-state index is 12.7. The Hall–Kier alpha value is -2.63. The first-order valence-electron chi connectivity index (χ1n) is 10.5. The zero-order valence-electron chi connectivity index (χ0n) is 17.6. The van der Waals surface area contributed by atoms with E-state index in [1.165, 1.54) is 12.8 Å². The molecule has 6 heteroatoms. The molecule has 1 aromatic carbocycles. The molecule has 0 radical (unpaired) electrons. The van der Waals surface area contributed by atoms with Gasteiger partial charge in [0.05, 0.1) is 25.3 Å². The molecule has 1 N–H and O–H groups in total. The number of hydrogen-bond donors (Lipinski definition) is 1. The summed E-state index contributed by atoms with van der Waals surface area (Å²) in [6, 6.07) is 7.59. The molecule has 29 heavy (non-hydrogen) atoms. The minimum absolute atomic E-state index is 0.0208. The molecule has 4 rings (SSSR count). The SMILES string of the molecule is COc1ccc(CC(=O)N[C@@H]2CC(C)(C)Cc3nc(N4CCCC4)ncc32)cc1. The molecule has 1 atom stereocenters. The Bertz CT molecular complexity index is 873. The molecule has 0 spiro atoms. The van der Waals surface area contributed by atoms with Crippen molar-refractivity contribution in [2.45, 2.75) is 52.0 Å². The van der Waals surface area contributed by atoms with Crippen molar-refractivity contribution >= 4 is 11.9 Å². The molecule has 2 aliphatic rings. The highest BCUT2D eigenvalue weighted by atomic mass is 16.5. The summed E-state index contributed by atoms with van der Waals surface area (Å²) in [6.45, 7) is 6.56. The maximum Gasteiger partial charge on any atom is 0.225 e. The summed E-state index contributed by atoms with van der Waals surface area (Å²) >= 11 is 0. The molecule has 1 aliphatic carbocycles. The molecule has 2 heterocycles. The van der Waals surface area contributed by atoms with Crippen LogP contribution in [0.3, 0.4) is 0 Å². The van der Waals surface area contributed by atoms with E-state index >= 15 is 0 Å². The van der Waals surface area contributed by atoms with E-state index in [1.54, 1.807) is 7.11 Å². The van der Waals surface area contributed by atoms with Crippen molar-refractivity contribution in [3.05, 3.63) is 47.3 Å². The van der Waals surface area contributed by atoms with Gasteiger partial charge in [-0.1, -0.05) is 26.0 Å². The molecule has 1 amide bonds. The smallest absolute Gasteiger partial charge is 0.225 e. The fraction of sp³-hybridized carbons (Fsp3) is 0.522. The first-order chi connectivity index (χ1) is 13.9. The molecule has 6 nitrogen and oxygen atoms in total. The number of anilines is 1. The summed E-state index contributed by atoms with van der Waals surface area (Å²) in [5.74, 6) is 1.65. The van der Waals surface area contributed by atoms with Gasteiger partial charge in [0.1, 0.15) is 5.75 Å². The van der Waals surface area contributed by atoms with E-state index in [2.05, 4.69) is 29.0 Å². The number of ether oxygens (including phenoxy) is 1. The van der Waals surface area contributed by atoms with Gasteiger partial charge in [0.25, 0.3) is 0 Å². The number of rotatable bonds is 5. The van der Waals surface area contributed by atoms with E-state index in [4.69, 9.17) is 9.72 Å². The molecule has 0 saturated carbocycles. The second-order valence-electron chi connectivity index (χ2n) is 8.96. The number of aromatic nitrogens is 2. The van der Waals surface area contributed by atoms with Crippen LogP contribution in [0.1, 0.15) is 56.0 Å². The van der Waals surface area contributed by atoms with Gasteiger partial charge in [0.2, 0.25) is 11.9 Å². The molecule has 154 valence electrons. The molecule has 0 unspecified atom stereocenters. The third kappa shape index (κ3) is 4.52. The fourth-order valence-electron chi connectivity index (χ4n) is 4.41. The summed E-state index contributed by atoms with van der Waals surface area (Å²) in [5.41, 5.74) is 3.20. The Kier molecular flexibility index (Phi) is 5.43. The van der Waals surface area contributed by atoms with Crippen molar-refractivity contribution in [1.82, 2.24) is 15.3 Å². The number of amides is 1. The van der Waals surface area contributed by atoms with Crippen molar-refractivity contribution in [2.24, 2.45) is 5.41 Å². The van der Waals surface area contributed by atoms with E-state index in [0.29, 0.717) is 6.42 Å². The largest absolute Gasteiger partial charge is 0.497 e. The van der Waals surface area contributed by atoms with Gasteiger partial charge >= 0.3 is 0 Å². The van der Waals surface area contributed by atoms with Crippen molar-refractivity contribution < 1.29 is 9.53 Å². The number of carbonyl (C=O) groups is 1. The monoisotopic (exact) mass is 394 g/mol. The number of fused-ring (bicyclic) bond motifs is 1. The van der Waals surface area contributed by atoms with Crippen LogP contribution in [-0.4, -0.2) is 36.1 Å². The summed E-state index contributed by atoms with van der Waals surface area (Å²) in [4.78, 5) is 24.5. The Morgan fingerprint density at radius 3 is 2.66 bits per heavy atom. The number of hydrogen-bond acceptors (Lipinski definition) is 5. The third-order valence-electron chi connectivity index (χ3n) is 5.91. The Morgan fingerprint density at radius 1 is 1.24 bits per heavy atom. The van der Waals surface area contributed by atoms with Gasteiger partial charge in [-0.3, -0.25) is 4.79 Å². The van der Waals surface area contributed by atoms with Gasteiger partial charge < -0.3 is 15.0 Å². The van der Waals surface area contributed by atoms with Crippen LogP contribution >= 0.6 is 0 Å². The standard InChI is InChI=1S/C23H30N4O2/c1-23(2)13-19(25-21(28)12-16-6-8-17(29-3)9-7-16)18-15-24-22(26-20(18)14-23)27-10-4-5-11-27/h6-9,15,19H,4-5,10-14H2,1-3H3,(H,25,28)/t19-/m1/s1. The molecule has 0 bridgehead atoms. The minimum Gasteiger partial charge on any atom is -0.497 e. The van der Waals surface area contributed by atoms with E-state index in [9.17, 15) is 4.79 Å². The van der Waals surface area contributed by atoms with Crippen molar-refractivity contribution in [3.63, 3.8) is 0 Å². The summed E-state index contributed by atoms with van der Waals surface area (Å²) in [6.07, 6.45) is 6.50. The van der Waals surface area contributed by atoms with E-state index in [0.717, 1.165) is 54.4 Å². The second kappa shape index (κ2) is 8.01. The maximum absolute atomic E-state index is 12.7. The van der Waals surface area contributed by atoms with Crippen LogP contribution in [0.2, 0.25) is 0 Å². The van der Waals surface area contributed by atoms with E-state index in [-0.39, 0.29) is 17.4 Å². The lowest BCUT2D eigenvalue weighted by Crippen LogP contribution is -2.38. The van der Waals surface area contributed by atoms with Gasteiger partial charge in [0, 0.05) is 24.8 Å². The van der Waals surface area contributed by atoms with Crippen LogP contribution in [0.4, 0.5) is 5.95 Å². The molecule has 1 aromatic heterocycles. The molecule has 1 saturated heterocycles. The molecule has 2 aromatic rings. The lowest BCUT2D eigenvalue weighted by molar-refractivity contribution is -0.121. The van der Waals surface area contributed by atoms with Crippen LogP contribution < -0.4 is 15.0 Å². The first kappa shape index (κ1) is 19.7. The highest BCUT2D eigenvalue weighted by Gasteiger charge is 2.35. The van der Waals surface area contributed by atoms with Gasteiger partial charge in [0.15, 0.2) is 0 Å². The quantitative estimate of drug-likeness (QED) is 0.841. The van der Waals surface area contributed by atoms with Crippen LogP contribution in [0.5, 0.6) is 5.75 Å². The van der Waals surface area contributed by atoms with Crippen molar-refractivity contribution in [3.8, 4) is 5.75 Å². The predicted octanol–water partition coefficient (Wildman–Crippen LogP) is 3.46. The number of carbonyl (C=O) groups excluding carboxylic acids is 1. The zero-order chi connectivity index (χ0) is 20.4. The van der Waals surface area contributed by atoms with Gasteiger partial charge in [-0.2, -0.15) is 0 Å². The van der Waals surface area contributed by atoms with Crippen LogP contribution in [0.15, 0.2) is 30.5 Å². The van der Waals surface area contributed by atoms with E-state index < -0.39 is 0 Å². The Balaban J connectivity index is 1.50. The highest BCUT2D eigenvalue weighted by molar-refractivity contribution is 5.79. The van der Waals surface area contributed by atoms with E-state index in [1.807, 2.05) is 30.5 Å². The third-order valence-corrected chi connectivity index (χ3v) is 5.91. The number of nitrogens with one attached hydrogen (secondary N) is 1. The zero-order valence-corrected chi connectivity index (χ0v) is 17.6. The molecule has 1 fully saturated rings. The first-order valence-corrected chi connectivity index (χ1v) is 10.5. The topological polar surface area (TPSA) is 67.3 Å². The Morgan fingerprint density at radius 2 is 1.97 bits per heavy atom. The minimum atomic E-state index is -0.0490. The summed E-state index contributed by atoms with van der Waals surface area (Å²) in [7, 11) is 1.64. The molecular weight excluding hydrogens is 364 g/mol. The normalized spacial score (nSPS) is 20.2. The van der Waals surface area contributed by atoms with Crippen molar-refractivity contribution in [1.29, 1.82) is 0 Å². The highest BCUT2D eigenvalue weighted by Crippen LogP contribution is 2.40. The fourth-order valence-corrected chi connectivity index (χ4v) is 4.41. The van der Waals surface area contributed by atoms with Gasteiger partial charge in [-0.05, 0) is 48.8 Å². The van der Waals surface area contributed by atoms with Gasteiger partial charge in [-0.25, -0.2) is 9.97 Å². The average Bonchev–Trinajstić information content (AvgIpc) is 3.22. The number of benzene rings is 1. The van der Waals surface area contributed by atoms with Crippen LogP contribution in [0, 0.1) is 5.41 Å². The lowest BCUT2D eigenvalue weighted by atomic mass is 9.74. The van der Waals surface area contributed by atoms with Crippen LogP contribution in [-0.2, 0) is 17.6 Å². The van der Waals surface area contributed by atoms with Gasteiger partial charge in [-0.15, -0.1) is 0 Å². The predicted molar refractivity (Wildman–Crippen MR) is 113 cm³/mol. The second-order valence-corrected chi connectivity index (χ2v) is 8.96. The summed E-state index contributed by atoms with van der Waals surface area (Å²) < 4.78 is 5.19. The number of methoxy groups -OCH3 is 1. The lowest BCUT2D eigenvalue weighted by Gasteiger charge is -2.36. The van der Waals surface area contributed by atoms with Crippen molar-refractivity contribution in [2.75, 3.05) is 25.1 Å². The number of nitrogens with zero attached hydrogens (tertiary/aromatic N) is 3. The molecular formula is C23H30N4O2.